The molecule has 0 spiro atoms. The summed E-state index contributed by atoms with van der Waals surface area (Å²) in [6.07, 6.45) is 0. The van der Waals surface area contributed by atoms with Gasteiger partial charge in [-0.1, -0.05) is 0 Å². The molecular weight excluding hydrogens is 158 g/mol. The maximum absolute atomic E-state index is 8.69. The van der Waals surface area contributed by atoms with Crippen molar-refractivity contribution in [2.75, 3.05) is 0 Å². The molecular formula is HLiNiO4Si. The van der Waals surface area contributed by atoms with E-state index in [-0.39, 0.29) is 35.4 Å². The molecule has 7 heteroatoms. The molecule has 0 saturated heterocycles. The molecule has 1 N–H and O–H groups in total. The molecule has 0 saturated carbocycles. The number of hydrogen-bond acceptors (Lipinski definition) is 4. The van der Waals surface area contributed by atoms with Crippen molar-refractivity contribution in [2.45, 2.75) is 0 Å². The Morgan fingerprint density at radius 3 is 1.14 bits per heavy atom. The van der Waals surface area contributed by atoms with Gasteiger partial charge in [0, 0.05) is 0 Å². The van der Waals surface area contributed by atoms with Gasteiger partial charge in [0.15, 0.2) is 0 Å². The molecule has 0 amide bonds. The average molecular weight is 159 g/mol. The summed E-state index contributed by atoms with van der Waals surface area (Å²) >= 11 is 0. The Labute approximate surface area is 63.8 Å². The second kappa shape index (κ2) is 5.29. The fourth-order valence-corrected chi connectivity index (χ4v) is 0. The van der Waals surface area contributed by atoms with Crippen LogP contribution >= 0.6 is 0 Å². The first-order valence-corrected chi connectivity index (χ1v) is 2.51. The smallest absolute Gasteiger partial charge is 0.861 e. The van der Waals surface area contributed by atoms with Gasteiger partial charge in [0.05, 0.1) is 0 Å². The Morgan fingerprint density at radius 2 is 1.14 bits per heavy atom. The maximum Gasteiger partial charge on any atom is 2.00 e. The molecule has 40 valence electrons. The standard InChI is InChI=1S/Li.Ni.HO4Si/c;;1-5(2,3)4/h;;1H/q+1;+2;-3. The van der Waals surface area contributed by atoms with E-state index in [1.54, 1.807) is 0 Å². The van der Waals surface area contributed by atoms with Crippen molar-refractivity contribution < 1.29 is 54.5 Å². The Bertz CT molecular complexity index is 27.2. The van der Waals surface area contributed by atoms with Crippen LogP contribution in [0.1, 0.15) is 0 Å². The second-order valence-electron chi connectivity index (χ2n) is 0.524. The molecule has 0 radical (unpaired) electrons. The molecule has 0 unspecified atom stereocenters. The summed E-state index contributed by atoms with van der Waals surface area (Å²) in [5, 5.41) is 0. The van der Waals surface area contributed by atoms with Gasteiger partial charge >= 0.3 is 35.4 Å². The van der Waals surface area contributed by atoms with Crippen LogP contribution in [0.5, 0.6) is 0 Å². The van der Waals surface area contributed by atoms with Crippen molar-refractivity contribution in [3.8, 4) is 0 Å². The quantitative estimate of drug-likeness (QED) is 0.355. The van der Waals surface area contributed by atoms with E-state index in [0.717, 1.165) is 0 Å². The minimum atomic E-state index is -5.36. The summed E-state index contributed by atoms with van der Waals surface area (Å²) in [4.78, 5) is 33.1. The van der Waals surface area contributed by atoms with E-state index in [0.29, 0.717) is 0 Å². The summed E-state index contributed by atoms with van der Waals surface area (Å²) in [6, 6.07) is 0. The summed E-state index contributed by atoms with van der Waals surface area (Å²) < 4.78 is 0. The molecule has 0 fully saturated rings. The van der Waals surface area contributed by atoms with E-state index in [4.69, 9.17) is 19.2 Å². The van der Waals surface area contributed by atoms with Crippen molar-refractivity contribution in [3.05, 3.63) is 0 Å². The molecule has 0 aliphatic heterocycles. The molecule has 0 aromatic rings. The predicted octanol–water partition coefficient (Wildman–Crippen LogP) is -7.50. The van der Waals surface area contributed by atoms with Gasteiger partial charge in [-0.15, -0.1) is 9.05 Å². The molecule has 7 heavy (non-hydrogen) atoms. The largest absolute Gasteiger partial charge is 2.00 e. The van der Waals surface area contributed by atoms with E-state index < -0.39 is 9.05 Å². The minimum absolute atomic E-state index is 0. The molecule has 0 bridgehead atoms. The normalized spacial score (nSPS) is 8.57. The molecule has 0 aliphatic rings. The third-order valence-corrected chi connectivity index (χ3v) is 0. The first-order chi connectivity index (χ1) is 2.00. The zero-order chi connectivity index (χ0) is 4.50. The van der Waals surface area contributed by atoms with Gasteiger partial charge < -0.3 is 19.2 Å². The third-order valence-electron chi connectivity index (χ3n) is 0. The van der Waals surface area contributed by atoms with Crippen molar-refractivity contribution >= 4 is 9.05 Å². The average Bonchev–Trinajstić information content (AvgIpc) is 0.722. The number of rotatable bonds is 0. The van der Waals surface area contributed by atoms with Crippen LogP contribution in [0.25, 0.3) is 0 Å². The maximum atomic E-state index is 8.69. The monoisotopic (exact) mass is 158 g/mol. The van der Waals surface area contributed by atoms with E-state index in [9.17, 15) is 0 Å². The van der Waals surface area contributed by atoms with Crippen LogP contribution in [0.2, 0.25) is 0 Å². The van der Waals surface area contributed by atoms with Gasteiger partial charge in [-0.25, -0.2) is 0 Å². The van der Waals surface area contributed by atoms with Crippen LogP contribution < -0.4 is 33.2 Å². The Hall–Kier alpha value is 1.15. The van der Waals surface area contributed by atoms with Gasteiger partial charge in [-0.05, 0) is 0 Å². The molecule has 0 rings (SSSR count). The molecule has 4 nitrogen and oxygen atoms in total. The van der Waals surface area contributed by atoms with Gasteiger partial charge in [0.25, 0.3) is 0 Å². The summed E-state index contributed by atoms with van der Waals surface area (Å²) in [5.41, 5.74) is 0. The molecule has 0 aromatic heterocycles. The van der Waals surface area contributed by atoms with Crippen molar-refractivity contribution in [3.63, 3.8) is 0 Å². The minimum Gasteiger partial charge on any atom is -0.861 e. The molecule has 0 atom stereocenters. The van der Waals surface area contributed by atoms with E-state index in [1.807, 2.05) is 0 Å². The van der Waals surface area contributed by atoms with Crippen molar-refractivity contribution in [1.29, 1.82) is 0 Å². The Morgan fingerprint density at radius 1 is 1.14 bits per heavy atom. The first kappa shape index (κ1) is 15.7. The zero-order valence-electron chi connectivity index (χ0n) is 3.49. The third kappa shape index (κ3) is 144. The summed E-state index contributed by atoms with van der Waals surface area (Å²) in [6.45, 7) is 0. The molecule has 0 heterocycles. The summed E-state index contributed by atoms with van der Waals surface area (Å²) in [7, 11) is -5.36. The van der Waals surface area contributed by atoms with Crippen LogP contribution in [0, 0.1) is 0 Å². The Kier molecular flexibility index (Phi) is 11.9. The zero-order valence-corrected chi connectivity index (χ0v) is 5.48. The van der Waals surface area contributed by atoms with Crippen LogP contribution in [0.15, 0.2) is 0 Å². The van der Waals surface area contributed by atoms with Gasteiger partial charge in [-0.3, -0.25) is 0 Å². The van der Waals surface area contributed by atoms with Gasteiger partial charge in [-0.2, -0.15) is 0 Å². The summed E-state index contributed by atoms with van der Waals surface area (Å²) in [5.74, 6) is 0. The van der Waals surface area contributed by atoms with Crippen LogP contribution in [-0.2, 0) is 16.5 Å². The van der Waals surface area contributed by atoms with Crippen molar-refractivity contribution in [2.24, 2.45) is 0 Å². The molecule has 0 aromatic carbocycles. The van der Waals surface area contributed by atoms with Crippen LogP contribution in [-0.4, -0.2) is 13.8 Å². The van der Waals surface area contributed by atoms with Gasteiger partial charge in [0.1, 0.15) is 0 Å². The topological polar surface area (TPSA) is 89.4 Å². The fourth-order valence-electron chi connectivity index (χ4n) is 0. The Balaban J connectivity index is -0.0000000800. The van der Waals surface area contributed by atoms with Crippen molar-refractivity contribution in [1.82, 2.24) is 0 Å². The fraction of sp³-hybridized carbons (Fsp3) is 0. The van der Waals surface area contributed by atoms with Crippen LogP contribution in [0.4, 0.5) is 0 Å². The molecule has 0 aliphatic carbocycles. The second-order valence-corrected chi connectivity index (χ2v) is 1.57. The van der Waals surface area contributed by atoms with E-state index in [2.05, 4.69) is 0 Å². The van der Waals surface area contributed by atoms with E-state index >= 15 is 0 Å². The van der Waals surface area contributed by atoms with Gasteiger partial charge in [0.2, 0.25) is 0 Å². The predicted molar refractivity (Wildman–Crippen MR) is 7.97 cm³/mol. The van der Waals surface area contributed by atoms with E-state index in [1.165, 1.54) is 0 Å². The SMILES string of the molecule is [Li+].[Ni+2].[O-][Si]([O-])([O-])O. The van der Waals surface area contributed by atoms with Crippen LogP contribution in [0.3, 0.4) is 0 Å². The number of hydrogen-bond donors (Lipinski definition) is 1. The first-order valence-electron chi connectivity index (χ1n) is 0.836.